The van der Waals surface area contributed by atoms with Gasteiger partial charge >= 0.3 is 25.8 Å². The van der Waals surface area contributed by atoms with Crippen molar-refractivity contribution in [1.82, 2.24) is 19.4 Å². The number of hydrogen-bond donors (Lipinski definition) is 3. The molecular weight excluding hydrogens is 628 g/mol. The summed E-state index contributed by atoms with van der Waals surface area (Å²) in [5, 5.41) is 3.65. The normalized spacial score (nSPS) is 20.8. The van der Waals surface area contributed by atoms with Crippen molar-refractivity contribution in [3.8, 4) is 0 Å². The molecule has 4 rings (SSSR count). The predicted octanol–water partition coefficient (Wildman–Crippen LogP) is 5.08. The number of aromatic amines is 1. The Kier molecular flexibility index (Phi) is 9.24. The number of ether oxygens (including phenoxy) is 2. The highest BCUT2D eigenvalue weighted by Crippen LogP contribution is 2.43. The summed E-state index contributed by atoms with van der Waals surface area (Å²) in [7, 11) is -5.09. The van der Waals surface area contributed by atoms with Gasteiger partial charge in [0.15, 0.2) is 6.29 Å². The first-order valence-electron chi connectivity index (χ1n) is 13.0. The van der Waals surface area contributed by atoms with Gasteiger partial charge in [0.2, 0.25) is 0 Å². The number of nitrogens with one attached hydrogen (secondary N) is 1. The van der Waals surface area contributed by atoms with Crippen molar-refractivity contribution in [2.45, 2.75) is 64.0 Å². The molecule has 1 aliphatic carbocycles. The van der Waals surface area contributed by atoms with Crippen LogP contribution in [0.15, 0.2) is 52.6 Å². The number of nitrogens with zero attached hydrogens (tertiary/aromatic N) is 3. The first kappa shape index (κ1) is 33.8. The van der Waals surface area contributed by atoms with Crippen molar-refractivity contribution in [2.24, 2.45) is 0 Å². The van der Waals surface area contributed by atoms with Gasteiger partial charge in [-0.1, -0.05) is 12.2 Å². The number of allylic oxidation sites excluding steroid dienone is 5. The molecule has 3 N–H and O–H groups in total. The number of aromatic nitrogens is 3. The summed E-state index contributed by atoms with van der Waals surface area (Å²) in [5.41, 5.74) is -6.42. The summed E-state index contributed by atoms with van der Waals surface area (Å²) in [6.07, 6.45) is -6.18. The van der Waals surface area contributed by atoms with Gasteiger partial charge in [0.05, 0.1) is 35.9 Å². The van der Waals surface area contributed by atoms with Crippen LogP contribution < -0.4 is 5.69 Å². The standard InChI is InChI=1S/C26H28F7N4O6P/c1-14-18(11-16(25(28,29)30)12-19(14)26(31,32)33)24(2,3)43-22-21(15-5-4-6-17(27)8-7-15)36(9-10-42-22)13-20-34-23(38)37(35-20)44(39,40)41/h4,6-8,11-12,21-22H,5,9-10,13H2,1-3H3,(H,34,35,38)(H2,39,40,41)/t21-,22+/m0/s1. The molecule has 242 valence electrons. The molecule has 0 unspecified atom stereocenters. The lowest BCUT2D eigenvalue weighted by Gasteiger charge is -2.44. The molecule has 1 saturated heterocycles. The number of alkyl halides is 6. The van der Waals surface area contributed by atoms with Gasteiger partial charge in [0.25, 0.3) is 0 Å². The van der Waals surface area contributed by atoms with Crippen LogP contribution in [0.2, 0.25) is 0 Å². The van der Waals surface area contributed by atoms with Crippen molar-refractivity contribution in [3.05, 3.63) is 86.4 Å². The molecule has 1 aromatic carbocycles. The van der Waals surface area contributed by atoms with Crippen LogP contribution in [0.3, 0.4) is 0 Å². The average Bonchev–Trinajstić information content (AvgIpc) is 3.12. The van der Waals surface area contributed by atoms with Gasteiger partial charge in [0, 0.05) is 6.54 Å². The molecule has 1 fully saturated rings. The summed E-state index contributed by atoms with van der Waals surface area (Å²) in [6, 6.07) is -0.338. The van der Waals surface area contributed by atoms with Gasteiger partial charge in [-0.05, 0) is 68.2 Å². The number of halogens is 7. The van der Waals surface area contributed by atoms with E-state index < -0.39 is 71.8 Å². The monoisotopic (exact) mass is 656 g/mol. The molecule has 0 radical (unpaired) electrons. The number of hydrogen-bond acceptors (Lipinski definition) is 6. The smallest absolute Gasteiger partial charge is 0.349 e. The van der Waals surface area contributed by atoms with Gasteiger partial charge in [-0.2, -0.15) is 26.3 Å². The molecule has 0 saturated carbocycles. The number of H-pyrrole nitrogens is 1. The Bertz CT molecular complexity index is 1600. The van der Waals surface area contributed by atoms with Crippen LogP contribution in [0, 0.1) is 6.92 Å². The highest BCUT2D eigenvalue weighted by molar-refractivity contribution is 7.49. The highest BCUT2D eigenvalue weighted by Gasteiger charge is 2.44. The minimum atomic E-state index is -5.10. The second-order valence-corrected chi connectivity index (χ2v) is 12.1. The van der Waals surface area contributed by atoms with Crippen molar-refractivity contribution in [2.75, 3.05) is 13.2 Å². The zero-order valence-corrected chi connectivity index (χ0v) is 24.3. The predicted molar refractivity (Wildman–Crippen MR) is 141 cm³/mol. The van der Waals surface area contributed by atoms with Crippen LogP contribution in [-0.4, -0.2) is 54.7 Å². The van der Waals surface area contributed by atoms with Crippen molar-refractivity contribution >= 4 is 7.75 Å². The van der Waals surface area contributed by atoms with E-state index >= 15 is 0 Å². The Morgan fingerprint density at radius 1 is 1.11 bits per heavy atom. The fourth-order valence-corrected chi connectivity index (χ4v) is 5.67. The fraction of sp³-hybridized carbons (Fsp3) is 0.462. The Hall–Kier alpha value is -3.08. The summed E-state index contributed by atoms with van der Waals surface area (Å²) in [5.74, 6) is -0.761. The second kappa shape index (κ2) is 12.0. The number of morpholine rings is 1. The molecule has 2 heterocycles. The van der Waals surface area contributed by atoms with Gasteiger partial charge < -0.3 is 19.3 Å². The zero-order valence-electron chi connectivity index (χ0n) is 23.4. The first-order chi connectivity index (χ1) is 20.2. The third-order valence-electron chi connectivity index (χ3n) is 7.13. The Labute approximate surface area is 245 Å². The van der Waals surface area contributed by atoms with Crippen LogP contribution in [-0.2, 0) is 38.5 Å². The van der Waals surface area contributed by atoms with E-state index in [1.165, 1.54) is 32.1 Å². The lowest BCUT2D eigenvalue weighted by Crippen LogP contribution is -2.54. The average molecular weight is 656 g/mol. The van der Waals surface area contributed by atoms with E-state index in [0.717, 1.165) is 13.0 Å². The minimum absolute atomic E-state index is 0.0324. The van der Waals surface area contributed by atoms with Crippen LogP contribution in [0.1, 0.15) is 48.3 Å². The third kappa shape index (κ3) is 7.41. The second-order valence-electron chi connectivity index (χ2n) is 10.7. The van der Waals surface area contributed by atoms with E-state index in [0.29, 0.717) is 11.6 Å². The lowest BCUT2D eigenvalue weighted by molar-refractivity contribution is -0.248. The molecule has 1 aliphatic heterocycles. The topological polar surface area (TPSA) is 130 Å². The number of rotatable bonds is 7. The number of benzene rings is 1. The molecule has 2 aromatic rings. The van der Waals surface area contributed by atoms with Gasteiger partial charge in [0.1, 0.15) is 11.7 Å². The zero-order chi connectivity index (χ0) is 32.8. The Morgan fingerprint density at radius 2 is 1.77 bits per heavy atom. The molecule has 0 spiro atoms. The van der Waals surface area contributed by atoms with Crippen LogP contribution in [0.5, 0.6) is 0 Å². The maximum Gasteiger partial charge on any atom is 0.454 e. The van der Waals surface area contributed by atoms with Crippen LogP contribution in [0.25, 0.3) is 0 Å². The van der Waals surface area contributed by atoms with Crippen LogP contribution in [0.4, 0.5) is 30.7 Å². The largest absolute Gasteiger partial charge is 0.454 e. The summed E-state index contributed by atoms with van der Waals surface area (Å²) in [6.45, 7) is 3.41. The van der Waals surface area contributed by atoms with E-state index in [4.69, 9.17) is 9.47 Å². The van der Waals surface area contributed by atoms with Gasteiger partial charge in [-0.3, -0.25) is 9.88 Å². The molecule has 0 amide bonds. The molecule has 18 heteroatoms. The Morgan fingerprint density at radius 3 is 2.36 bits per heavy atom. The molecule has 44 heavy (non-hydrogen) atoms. The quantitative estimate of drug-likeness (QED) is 0.278. The van der Waals surface area contributed by atoms with Crippen molar-refractivity contribution in [3.63, 3.8) is 0 Å². The molecule has 10 nitrogen and oxygen atoms in total. The van der Waals surface area contributed by atoms with E-state index in [-0.39, 0.29) is 42.5 Å². The van der Waals surface area contributed by atoms with Crippen molar-refractivity contribution in [1.29, 1.82) is 0 Å². The summed E-state index contributed by atoms with van der Waals surface area (Å²) < 4.78 is 120. The van der Waals surface area contributed by atoms with E-state index in [2.05, 4.69) is 10.1 Å². The Balaban J connectivity index is 1.77. The lowest BCUT2D eigenvalue weighted by atomic mass is 9.88. The maximum absolute atomic E-state index is 14.0. The van der Waals surface area contributed by atoms with E-state index in [9.17, 15) is 49.9 Å². The van der Waals surface area contributed by atoms with Crippen LogP contribution >= 0.6 is 7.75 Å². The highest BCUT2D eigenvalue weighted by atomic mass is 31.2. The molecular formula is C26H28F7N4O6P. The minimum Gasteiger partial charge on any atom is -0.349 e. The third-order valence-corrected chi connectivity index (χ3v) is 7.89. The first-order valence-corrected chi connectivity index (χ1v) is 14.6. The molecule has 2 atom stereocenters. The SMILES string of the molecule is Cc1c(C(F)(F)F)cc(C(F)(F)F)cc1C(C)(C)O[C@H]1OCCN(Cc2nn(P(=O)(O)O)c(=O)[nH]2)[C@H]1C1=CC=C(F)C=CC1. The maximum atomic E-state index is 14.0. The summed E-state index contributed by atoms with van der Waals surface area (Å²) >= 11 is 0. The molecule has 0 bridgehead atoms. The van der Waals surface area contributed by atoms with Gasteiger partial charge in [-0.15, -0.1) is 9.55 Å². The molecule has 1 aromatic heterocycles. The molecule has 2 aliphatic rings. The van der Waals surface area contributed by atoms with Crippen molar-refractivity contribution < 1.29 is 54.6 Å². The van der Waals surface area contributed by atoms with E-state index in [1.54, 1.807) is 4.90 Å². The van der Waals surface area contributed by atoms with E-state index in [1.807, 2.05) is 0 Å². The summed E-state index contributed by atoms with van der Waals surface area (Å²) in [4.78, 5) is 34.7. The van der Waals surface area contributed by atoms with Gasteiger partial charge in [-0.25, -0.2) is 13.8 Å². The fourth-order valence-electron chi connectivity index (χ4n) is 5.16.